The minimum Gasteiger partial charge on any atom is -0.497 e. The molecule has 28 heavy (non-hydrogen) atoms. The van der Waals surface area contributed by atoms with E-state index in [1.165, 1.54) is 11.1 Å². The predicted molar refractivity (Wildman–Crippen MR) is 117 cm³/mol. The first-order chi connectivity index (χ1) is 13.0. The molecular formula is C24H36N2O2. The maximum atomic E-state index is 5.35. The summed E-state index contributed by atoms with van der Waals surface area (Å²) in [5.41, 5.74) is 2.34. The number of hydrogen-bond acceptors (Lipinski definition) is 4. The Hall–Kier alpha value is -2.04. The van der Waals surface area contributed by atoms with Gasteiger partial charge >= 0.3 is 0 Å². The Balaban J connectivity index is 2.51. The van der Waals surface area contributed by atoms with Crippen molar-refractivity contribution in [2.45, 2.75) is 64.7 Å². The summed E-state index contributed by atoms with van der Waals surface area (Å²) in [6.45, 7) is 13.2. The molecule has 0 aromatic heterocycles. The second kappa shape index (κ2) is 8.97. The van der Waals surface area contributed by atoms with Crippen molar-refractivity contribution in [3.05, 3.63) is 59.7 Å². The van der Waals surface area contributed by atoms with Gasteiger partial charge in [-0.25, -0.2) is 0 Å². The molecule has 154 valence electrons. The van der Waals surface area contributed by atoms with E-state index in [9.17, 15) is 0 Å². The zero-order valence-electron chi connectivity index (χ0n) is 18.6. The van der Waals surface area contributed by atoms with E-state index in [1.54, 1.807) is 14.2 Å². The number of methoxy groups -OCH3 is 2. The second-order valence-electron chi connectivity index (χ2n) is 9.29. The van der Waals surface area contributed by atoms with Crippen LogP contribution < -0.4 is 20.1 Å². The van der Waals surface area contributed by atoms with Gasteiger partial charge in [-0.15, -0.1) is 0 Å². The highest BCUT2D eigenvalue weighted by molar-refractivity contribution is 5.35. The van der Waals surface area contributed by atoms with Crippen LogP contribution in [0.2, 0.25) is 0 Å². The van der Waals surface area contributed by atoms with Crippen molar-refractivity contribution in [3.8, 4) is 11.5 Å². The van der Waals surface area contributed by atoms with Gasteiger partial charge in [0.15, 0.2) is 0 Å². The van der Waals surface area contributed by atoms with Gasteiger partial charge in [0.05, 0.1) is 26.3 Å². The van der Waals surface area contributed by atoms with Gasteiger partial charge in [-0.1, -0.05) is 24.3 Å². The van der Waals surface area contributed by atoms with Crippen molar-refractivity contribution in [3.63, 3.8) is 0 Å². The molecule has 4 heteroatoms. The summed E-state index contributed by atoms with van der Waals surface area (Å²) >= 11 is 0. The van der Waals surface area contributed by atoms with Gasteiger partial charge in [0.1, 0.15) is 11.5 Å². The molecule has 0 aliphatic heterocycles. The lowest BCUT2D eigenvalue weighted by Crippen LogP contribution is -2.48. The zero-order valence-corrected chi connectivity index (χ0v) is 18.6. The van der Waals surface area contributed by atoms with Crippen LogP contribution in [0.4, 0.5) is 0 Å². The Morgan fingerprint density at radius 2 is 0.857 bits per heavy atom. The van der Waals surface area contributed by atoms with E-state index in [-0.39, 0.29) is 23.2 Å². The molecular weight excluding hydrogens is 348 g/mol. The molecule has 4 nitrogen and oxygen atoms in total. The molecule has 2 rings (SSSR count). The molecule has 0 saturated carbocycles. The Morgan fingerprint density at radius 3 is 1.07 bits per heavy atom. The van der Waals surface area contributed by atoms with Crippen LogP contribution in [0.25, 0.3) is 0 Å². The van der Waals surface area contributed by atoms with Crippen molar-refractivity contribution >= 4 is 0 Å². The van der Waals surface area contributed by atoms with Crippen molar-refractivity contribution in [2.24, 2.45) is 0 Å². The van der Waals surface area contributed by atoms with E-state index in [0.29, 0.717) is 0 Å². The largest absolute Gasteiger partial charge is 0.497 e. The lowest BCUT2D eigenvalue weighted by Gasteiger charge is -2.39. The molecule has 0 saturated heterocycles. The SMILES string of the molecule is COc1ccc(C(NC(C)(C)C)C(NC(C)(C)C)c2ccc(OC)cc2)cc1. The zero-order chi connectivity index (χ0) is 20.9. The molecule has 2 unspecified atom stereocenters. The molecule has 0 aliphatic rings. The van der Waals surface area contributed by atoms with Crippen LogP contribution in [-0.4, -0.2) is 25.3 Å². The van der Waals surface area contributed by atoms with Crippen molar-refractivity contribution in [1.82, 2.24) is 10.6 Å². The third-order valence-electron chi connectivity index (χ3n) is 4.46. The van der Waals surface area contributed by atoms with E-state index >= 15 is 0 Å². The number of hydrogen-bond donors (Lipinski definition) is 2. The highest BCUT2D eigenvalue weighted by Gasteiger charge is 2.31. The van der Waals surface area contributed by atoms with Gasteiger partial charge < -0.3 is 20.1 Å². The fourth-order valence-electron chi connectivity index (χ4n) is 3.27. The van der Waals surface area contributed by atoms with E-state index in [0.717, 1.165) is 11.5 Å². The molecule has 2 N–H and O–H groups in total. The monoisotopic (exact) mass is 384 g/mol. The Morgan fingerprint density at radius 1 is 0.571 bits per heavy atom. The molecule has 0 radical (unpaired) electrons. The van der Waals surface area contributed by atoms with Gasteiger partial charge in [-0.3, -0.25) is 0 Å². The van der Waals surface area contributed by atoms with Crippen LogP contribution in [0.3, 0.4) is 0 Å². The maximum Gasteiger partial charge on any atom is 0.118 e. The first-order valence-corrected chi connectivity index (χ1v) is 9.86. The van der Waals surface area contributed by atoms with Gasteiger partial charge in [-0.2, -0.15) is 0 Å². The van der Waals surface area contributed by atoms with E-state index in [4.69, 9.17) is 9.47 Å². The van der Waals surface area contributed by atoms with Gasteiger partial charge in [0.25, 0.3) is 0 Å². The standard InChI is InChI=1S/C24H36N2O2/c1-23(2,3)25-21(17-9-13-19(27-7)14-10-17)22(26-24(4,5)6)18-11-15-20(28-8)16-12-18/h9-16,21-22,25-26H,1-8H3. The summed E-state index contributed by atoms with van der Waals surface area (Å²) in [5, 5.41) is 7.65. The summed E-state index contributed by atoms with van der Waals surface area (Å²) in [5.74, 6) is 1.73. The Kier molecular flexibility index (Phi) is 7.13. The number of ether oxygens (including phenoxy) is 2. The van der Waals surface area contributed by atoms with Crippen LogP contribution in [0.1, 0.15) is 64.8 Å². The number of nitrogens with one attached hydrogen (secondary N) is 2. The molecule has 2 aromatic rings. The number of benzene rings is 2. The van der Waals surface area contributed by atoms with E-state index in [2.05, 4.69) is 76.4 Å². The predicted octanol–water partition coefficient (Wildman–Crippen LogP) is 5.26. The summed E-state index contributed by atoms with van der Waals surface area (Å²) in [6, 6.07) is 16.8. The lowest BCUT2D eigenvalue weighted by molar-refractivity contribution is 0.259. The van der Waals surface area contributed by atoms with Gasteiger partial charge in [0, 0.05) is 11.1 Å². The Labute approximate surface area is 170 Å². The molecule has 0 spiro atoms. The average molecular weight is 385 g/mol. The lowest BCUT2D eigenvalue weighted by atomic mass is 9.89. The quantitative estimate of drug-likeness (QED) is 0.683. The molecule has 0 amide bonds. The molecule has 0 aliphatic carbocycles. The minimum absolute atomic E-state index is 0.0467. The highest BCUT2D eigenvalue weighted by atomic mass is 16.5. The highest BCUT2D eigenvalue weighted by Crippen LogP contribution is 2.34. The molecule has 2 aromatic carbocycles. The van der Waals surface area contributed by atoms with Gasteiger partial charge in [-0.05, 0) is 76.9 Å². The molecule has 0 bridgehead atoms. The van der Waals surface area contributed by atoms with Crippen molar-refractivity contribution in [1.29, 1.82) is 0 Å². The summed E-state index contributed by atoms with van der Waals surface area (Å²) in [7, 11) is 3.39. The minimum atomic E-state index is -0.0467. The fraction of sp³-hybridized carbons (Fsp3) is 0.500. The second-order valence-corrected chi connectivity index (χ2v) is 9.29. The molecule has 2 atom stereocenters. The number of rotatable bonds is 7. The van der Waals surface area contributed by atoms with Crippen molar-refractivity contribution < 1.29 is 9.47 Å². The topological polar surface area (TPSA) is 42.5 Å². The van der Waals surface area contributed by atoms with Crippen LogP contribution in [0.5, 0.6) is 11.5 Å². The van der Waals surface area contributed by atoms with Crippen LogP contribution in [-0.2, 0) is 0 Å². The first kappa shape index (κ1) is 22.3. The first-order valence-electron chi connectivity index (χ1n) is 9.86. The summed E-state index contributed by atoms with van der Waals surface area (Å²) in [6.07, 6.45) is 0. The average Bonchev–Trinajstić information content (AvgIpc) is 2.63. The summed E-state index contributed by atoms with van der Waals surface area (Å²) < 4.78 is 10.7. The maximum absolute atomic E-state index is 5.35. The summed E-state index contributed by atoms with van der Waals surface area (Å²) in [4.78, 5) is 0. The third-order valence-corrected chi connectivity index (χ3v) is 4.46. The third kappa shape index (κ3) is 6.54. The van der Waals surface area contributed by atoms with E-state index < -0.39 is 0 Å². The molecule has 0 heterocycles. The molecule has 0 fully saturated rings. The van der Waals surface area contributed by atoms with E-state index in [1.807, 2.05) is 24.3 Å². The van der Waals surface area contributed by atoms with Crippen LogP contribution >= 0.6 is 0 Å². The van der Waals surface area contributed by atoms with Crippen molar-refractivity contribution in [2.75, 3.05) is 14.2 Å². The normalized spacial score (nSPS) is 14.4. The Bertz CT molecular complexity index is 660. The fourth-order valence-corrected chi connectivity index (χ4v) is 3.27. The van der Waals surface area contributed by atoms with Crippen LogP contribution in [0, 0.1) is 0 Å². The smallest absolute Gasteiger partial charge is 0.118 e. The van der Waals surface area contributed by atoms with Crippen LogP contribution in [0.15, 0.2) is 48.5 Å². The van der Waals surface area contributed by atoms with Gasteiger partial charge in [0.2, 0.25) is 0 Å².